The fourth-order valence-corrected chi connectivity index (χ4v) is 7.94. The molecule has 37 heavy (non-hydrogen) atoms. The number of aryl methyl sites for hydroxylation is 1. The van der Waals surface area contributed by atoms with E-state index in [-0.39, 0.29) is 23.5 Å². The standard InChI is InChI=1S/C26H34N6O3S2/c1-16(2)35-26(33)31-18-6-4-17(5-7-18)25-28-14-23(36-25)22-11-8-19(30-20-13-29-32(3)15-20)12-24(22)37(27,34)21-9-10-21/h8,11-18,21,27,30H,4-7,9-10H2,1-3H3,(H,31,33). The summed E-state index contributed by atoms with van der Waals surface area (Å²) in [6, 6.07) is 5.91. The minimum absolute atomic E-state index is 0.0857. The summed E-state index contributed by atoms with van der Waals surface area (Å²) in [5.74, 6) is 0.330. The van der Waals surface area contributed by atoms with Gasteiger partial charge in [0.1, 0.15) is 0 Å². The van der Waals surface area contributed by atoms with Crippen LogP contribution in [0.4, 0.5) is 16.2 Å². The van der Waals surface area contributed by atoms with Gasteiger partial charge in [0.2, 0.25) is 0 Å². The molecular weight excluding hydrogens is 508 g/mol. The number of alkyl carbamates (subject to hydrolysis) is 1. The van der Waals surface area contributed by atoms with Crippen LogP contribution in [0.3, 0.4) is 0 Å². The fraction of sp³-hybridized carbons (Fsp3) is 0.500. The zero-order valence-corrected chi connectivity index (χ0v) is 23.0. The summed E-state index contributed by atoms with van der Waals surface area (Å²) < 4.78 is 29.3. The van der Waals surface area contributed by atoms with Crippen LogP contribution in [0.2, 0.25) is 0 Å². The van der Waals surface area contributed by atoms with Gasteiger partial charge >= 0.3 is 6.09 Å². The van der Waals surface area contributed by atoms with Crippen molar-refractivity contribution in [2.24, 2.45) is 7.05 Å². The van der Waals surface area contributed by atoms with Gasteiger partial charge in [-0.3, -0.25) is 4.68 Å². The smallest absolute Gasteiger partial charge is 0.407 e. The molecule has 1 aromatic carbocycles. The monoisotopic (exact) mass is 542 g/mol. The van der Waals surface area contributed by atoms with Crippen LogP contribution < -0.4 is 10.6 Å². The number of aromatic nitrogens is 3. The van der Waals surface area contributed by atoms with Crippen molar-refractivity contribution in [3.05, 3.63) is 41.8 Å². The molecule has 198 valence electrons. The number of hydrogen-bond donors (Lipinski definition) is 3. The molecule has 2 aliphatic carbocycles. The zero-order valence-electron chi connectivity index (χ0n) is 21.4. The maximum Gasteiger partial charge on any atom is 0.407 e. The Balaban J connectivity index is 1.33. The van der Waals surface area contributed by atoms with Crippen LogP contribution in [0.5, 0.6) is 0 Å². The Bertz CT molecular complexity index is 1370. The highest BCUT2D eigenvalue weighted by Crippen LogP contribution is 2.43. The molecule has 5 rings (SSSR count). The molecule has 0 radical (unpaired) electrons. The van der Waals surface area contributed by atoms with E-state index in [9.17, 15) is 9.00 Å². The number of nitrogens with one attached hydrogen (secondary N) is 3. The molecule has 9 nitrogen and oxygen atoms in total. The highest BCUT2D eigenvalue weighted by molar-refractivity contribution is 7.93. The number of rotatable bonds is 8. The number of thiazole rings is 1. The molecule has 0 aliphatic heterocycles. The molecule has 3 N–H and O–H groups in total. The zero-order chi connectivity index (χ0) is 26.2. The summed E-state index contributed by atoms with van der Waals surface area (Å²) in [6.45, 7) is 3.69. The van der Waals surface area contributed by atoms with Crippen molar-refractivity contribution < 1.29 is 13.7 Å². The Morgan fingerprint density at radius 3 is 2.57 bits per heavy atom. The lowest BCUT2D eigenvalue weighted by Crippen LogP contribution is -2.38. The molecule has 2 saturated carbocycles. The molecule has 0 saturated heterocycles. The van der Waals surface area contributed by atoms with Gasteiger partial charge in [-0.25, -0.2) is 18.8 Å². The van der Waals surface area contributed by atoms with Crippen LogP contribution in [-0.4, -0.2) is 42.5 Å². The molecule has 1 amide bonds. The summed E-state index contributed by atoms with van der Waals surface area (Å²) in [5.41, 5.74) is 2.46. The van der Waals surface area contributed by atoms with E-state index in [0.29, 0.717) is 10.8 Å². The van der Waals surface area contributed by atoms with Crippen LogP contribution in [0, 0.1) is 4.78 Å². The van der Waals surface area contributed by atoms with E-state index in [1.54, 1.807) is 22.2 Å². The van der Waals surface area contributed by atoms with Crippen LogP contribution in [-0.2, 0) is 21.5 Å². The number of nitrogens with zero attached hydrogens (tertiary/aromatic N) is 3. The molecule has 0 spiro atoms. The molecule has 0 bridgehead atoms. The Kier molecular flexibility index (Phi) is 7.26. The second-order valence-corrected chi connectivity index (χ2v) is 13.6. The van der Waals surface area contributed by atoms with Gasteiger partial charge in [0.05, 0.1) is 42.5 Å². The summed E-state index contributed by atoms with van der Waals surface area (Å²) in [4.78, 5) is 18.2. The molecule has 2 aromatic heterocycles. The summed E-state index contributed by atoms with van der Waals surface area (Å²) in [6.07, 6.45) is 10.3. The summed E-state index contributed by atoms with van der Waals surface area (Å²) >= 11 is 1.63. The second-order valence-electron chi connectivity index (χ2n) is 10.2. The Morgan fingerprint density at radius 2 is 1.92 bits per heavy atom. The molecule has 1 atom stereocenters. The van der Waals surface area contributed by atoms with Crippen molar-refractivity contribution in [1.82, 2.24) is 20.1 Å². The number of ether oxygens (including phenoxy) is 1. The van der Waals surface area contributed by atoms with Gasteiger partial charge in [-0.2, -0.15) is 5.10 Å². The van der Waals surface area contributed by atoms with Gasteiger partial charge in [-0.1, -0.05) is 6.07 Å². The molecule has 1 unspecified atom stereocenters. The Labute approximate surface area is 222 Å². The van der Waals surface area contributed by atoms with Crippen LogP contribution in [0.15, 0.2) is 41.7 Å². The van der Waals surface area contributed by atoms with Gasteiger partial charge in [0.15, 0.2) is 0 Å². The first kappa shape index (κ1) is 25.7. The molecule has 11 heteroatoms. The van der Waals surface area contributed by atoms with Crippen molar-refractivity contribution in [2.45, 2.75) is 80.6 Å². The van der Waals surface area contributed by atoms with E-state index in [0.717, 1.165) is 65.3 Å². The Hall–Kier alpha value is -2.92. The van der Waals surface area contributed by atoms with Gasteiger partial charge in [-0.05, 0) is 64.5 Å². The third-order valence-electron chi connectivity index (χ3n) is 6.83. The topological polar surface area (TPSA) is 122 Å². The lowest BCUT2D eigenvalue weighted by Gasteiger charge is -2.28. The Morgan fingerprint density at radius 1 is 1.16 bits per heavy atom. The van der Waals surface area contributed by atoms with E-state index in [1.165, 1.54) is 0 Å². The van der Waals surface area contributed by atoms with E-state index < -0.39 is 9.73 Å². The average Bonchev–Trinajstić information content (AvgIpc) is 3.48. The van der Waals surface area contributed by atoms with Crippen molar-refractivity contribution in [1.29, 1.82) is 4.78 Å². The SMILES string of the molecule is CC(C)OC(=O)NC1CCC(c2ncc(-c3ccc(Nc4cnn(C)c4)cc3S(=N)(=O)C3CC3)s2)CC1. The van der Waals surface area contributed by atoms with Crippen LogP contribution >= 0.6 is 11.3 Å². The number of amides is 1. The highest BCUT2D eigenvalue weighted by atomic mass is 32.2. The van der Waals surface area contributed by atoms with Crippen molar-refractivity contribution >= 4 is 38.5 Å². The van der Waals surface area contributed by atoms with Gasteiger partial charge in [0, 0.05) is 47.9 Å². The maximum absolute atomic E-state index is 13.6. The van der Waals surface area contributed by atoms with Crippen molar-refractivity contribution in [3.63, 3.8) is 0 Å². The van der Waals surface area contributed by atoms with Crippen LogP contribution in [0.1, 0.15) is 63.3 Å². The van der Waals surface area contributed by atoms with E-state index in [2.05, 4.69) is 15.7 Å². The third kappa shape index (κ3) is 5.98. The van der Waals surface area contributed by atoms with Crippen molar-refractivity contribution in [3.8, 4) is 10.4 Å². The first-order valence-electron chi connectivity index (χ1n) is 12.8. The summed E-state index contributed by atoms with van der Waals surface area (Å²) in [7, 11) is -1.08. The number of benzene rings is 1. The number of carbonyl (C=O) groups is 1. The molecule has 3 aromatic rings. The minimum Gasteiger partial charge on any atom is -0.447 e. The average molecular weight is 543 g/mol. The molecule has 2 fully saturated rings. The molecule has 2 aliphatic rings. The lowest BCUT2D eigenvalue weighted by atomic mass is 9.86. The number of carbonyl (C=O) groups excluding carboxylic acids is 1. The van der Waals surface area contributed by atoms with Gasteiger partial charge in [-0.15, -0.1) is 11.3 Å². The predicted molar refractivity (Wildman–Crippen MR) is 146 cm³/mol. The molecular formula is C26H34N6O3S2. The first-order chi connectivity index (χ1) is 17.7. The first-order valence-corrected chi connectivity index (χ1v) is 15.2. The quantitative estimate of drug-likeness (QED) is 0.320. The lowest BCUT2D eigenvalue weighted by molar-refractivity contribution is 0.109. The normalized spacial score (nSPS) is 21.4. The van der Waals surface area contributed by atoms with Crippen molar-refractivity contribution in [2.75, 3.05) is 5.32 Å². The van der Waals surface area contributed by atoms with E-state index in [1.807, 2.05) is 51.5 Å². The molecule has 2 heterocycles. The third-order valence-corrected chi connectivity index (χ3v) is 10.4. The fourth-order valence-electron chi connectivity index (χ4n) is 4.79. The minimum atomic E-state index is -2.93. The van der Waals surface area contributed by atoms with Gasteiger partial charge < -0.3 is 15.4 Å². The second kappa shape index (κ2) is 10.4. The number of hydrogen-bond acceptors (Lipinski definition) is 8. The van der Waals surface area contributed by atoms with E-state index in [4.69, 9.17) is 14.5 Å². The number of anilines is 2. The van der Waals surface area contributed by atoms with Crippen LogP contribution in [0.25, 0.3) is 10.4 Å². The largest absolute Gasteiger partial charge is 0.447 e. The summed E-state index contributed by atoms with van der Waals surface area (Å²) in [5, 5.41) is 11.5. The van der Waals surface area contributed by atoms with E-state index >= 15 is 0 Å². The van der Waals surface area contributed by atoms with Gasteiger partial charge in [0.25, 0.3) is 0 Å². The maximum atomic E-state index is 13.6. The highest BCUT2D eigenvalue weighted by Gasteiger charge is 2.36. The predicted octanol–water partition coefficient (Wildman–Crippen LogP) is 6.02.